The van der Waals surface area contributed by atoms with Gasteiger partial charge in [-0.05, 0) is 12.8 Å². The molecule has 0 atom stereocenters. The largest absolute Gasteiger partial charge is 0.391 e. The molecule has 2 rings (SSSR count). The van der Waals surface area contributed by atoms with E-state index in [4.69, 9.17) is 22.7 Å². The minimum Gasteiger partial charge on any atom is -0.391 e. The third-order valence-corrected chi connectivity index (χ3v) is 4.40. The summed E-state index contributed by atoms with van der Waals surface area (Å²) in [5.41, 5.74) is 5.15. The van der Waals surface area contributed by atoms with E-state index >= 15 is 0 Å². The molecule has 0 spiro atoms. The molecule has 1 saturated carbocycles. The average molecular weight is 284 g/mol. The molecule has 19 heavy (non-hydrogen) atoms. The minimum atomic E-state index is -0.770. The fourth-order valence-electron chi connectivity index (χ4n) is 3.04. The summed E-state index contributed by atoms with van der Waals surface area (Å²) < 4.78 is 4.97. The first-order valence-corrected chi connectivity index (χ1v) is 7.22. The summed E-state index contributed by atoms with van der Waals surface area (Å²) in [6, 6.07) is 0. The number of nitrogens with two attached hydrogens (primary N) is 1. The van der Waals surface area contributed by atoms with Crippen LogP contribution < -0.4 is 5.73 Å². The van der Waals surface area contributed by atoms with Crippen molar-refractivity contribution < 1.29 is 14.3 Å². The Labute approximate surface area is 118 Å². The summed E-state index contributed by atoms with van der Waals surface area (Å²) in [5, 5.41) is 0. The predicted octanol–water partition coefficient (Wildman–Crippen LogP) is 1.14. The second kappa shape index (κ2) is 5.96. The highest BCUT2D eigenvalue weighted by atomic mass is 32.1. The molecule has 5 nitrogen and oxygen atoms in total. The van der Waals surface area contributed by atoms with Crippen molar-refractivity contribution in [1.82, 2.24) is 4.90 Å². The molecule has 0 aromatic heterocycles. The number of imide groups is 1. The van der Waals surface area contributed by atoms with Crippen LogP contribution in [0.2, 0.25) is 0 Å². The number of hydrogen-bond donors (Lipinski definition) is 1. The number of hydrogen-bond acceptors (Lipinski definition) is 4. The molecule has 2 fully saturated rings. The fourth-order valence-corrected chi connectivity index (χ4v) is 3.34. The van der Waals surface area contributed by atoms with Crippen molar-refractivity contribution in [2.75, 3.05) is 13.2 Å². The van der Waals surface area contributed by atoms with Gasteiger partial charge in [-0.1, -0.05) is 44.3 Å². The summed E-state index contributed by atoms with van der Waals surface area (Å²) in [6.45, 7) is -0.119. The molecule has 0 bridgehead atoms. The van der Waals surface area contributed by atoms with Crippen LogP contribution in [0.3, 0.4) is 0 Å². The van der Waals surface area contributed by atoms with E-state index < -0.39 is 5.54 Å². The van der Waals surface area contributed by atoms with E-state index in [9.17, 15) is 9.59 Å². The summed E-state index contributed by atoms with van der Waals surface area (Å²) in [7, 11) is 0. The first-order valence-electron chi connectivity index (χ1n) is 6.81. The maximum Gasteiger partial charge on any atom is 0.256 e. The molecule has 2 N–H and O–H groups in total. The van der Waals surface area contributed by atoms with Gasteiger partial charge < -0.3 is 10.5 Å². The van der Waals surface area contributed by atoms with Crippen LogP contribution in [-0.2, 0) is 14.3 Å². The second-order valence-electron chi connectivity index (χ2n) is 5.28. The Bertz CT molecular complexity index is 373. The van der Waals surface area contributed by atoms with E-state index in [0.29, 0.717) is 12.8 Å². The lowest BCUT2D eigenvalue weighted by molar-refractivity contribution is -0.164. The highest BCUT2D eigenvalue weighted by Crippen LogP contribution is 2.33. The van der Waals surface area contributed by atoms with Gasteiger partial charge >= 0.3 is 0 Å². The van der Waals surface area contributed by atoms with Crippen molar-refractivity contribution in [2.24, 2.45) is 5.73 Å². The Morgan fingerprint density at radius 3 is 2.00 bits per heavy atom. The maximum atomic E-state index is 12.1. The molecule has 0 aromatic rings. The van der Waals surface area contributed by atoms with E-state index in [2.05, 4.69) is 0 Å². The quantitative estimate of drug-likeness (QED) is 0.608. The first kappa shape index (κ1) is 14.4. The van der Waals surface area contributed by atoms with Gasteiger partial charge in [-0.15, -0.1) is 0 Å². The molecule has 1 aliphatic carbocycles. The van der Waals surface area contributed by atoms with Gasteiger partial charge in [0.2, 0.25) is 0 Å². The van der Waals surface area contributed by atoms with Crippen LogP contribution in [0.4, 0.5) is 0 Å². The number of carbonyl (C=O) groups is 2. The number of carbonyl (C=O) groups excluding carboxylic acids is 2. The molecule has 1 heterocycles. The molecule has 2 amide bonds. The van der Waals surface area contributed by atoms with Crippen LogP contribution in [0.5, 0.6) is 0 Å². The van der Waals surface area contributed by atoms with Crippen LogP contribution in [0, 0.1) is 0 Å². The van der Waals surface area contributed by atoms with Crippen LogP contribution in [0.25, 0.3) is 0 Å². The van der Waals surface area contributed by atoms with Gasteiger partial charge in [-0.2, -0.15) is 0 Å². The molecular weight excluding hydrogens is 264 g/mol. The van der Waals surface area contributed by atoms with Crippen molar-refractivity contribution in [2.45, 2.75) is 50.5 Å². The third kappa shape index (κ3) is 2.79. The lowest BCUT2D eigenvalue weighted by Crippen LogP contribution is -2.64. The molecule has 0 unspecified atom stereocenters. The Morgan fingerprint density at radius 1 is 1.05 bits per heavy atom. The minimum absolute atomic E-state index is 0.0594. The van der Waals surface area contributed by atoms with Crippen molar-refractivity contribution >= 4 is 29.0 Å². The molecular formula is C13H20N2O3S. The van der Waals surface area contributed by atoms with E-state index in [1.54, 1.807) is 0 Å². The normalized spacial score (nSPS) is 24.7. The molecule has 1 saturated heterocycles. The van der Waals surface area contributed by atoms with Gasteiger partial charge in [-0.25, -0.2) is 0 Å². The highest BCUT2D eigenvalue weighted by molar-refractivity contribution is 7.80. The smallest absolute Gasteiger partial charge is 0.256 e. The third-order valence-electron chi connectivity index (χ3n) is 4.02. The first-order chi connectivity index (χ1) is 9.08. The maximum absolute atomic E-state index is 12.1. The molecule has 106 valence electrons. The van der Waals surface area contributed by atoms with Crippen molar-refractivity contribution in [3.05, 3.63) is 0 Å². The predicted molar refractivity (Wildman–Crippen MR) is 74.5 cm³/mol. The highest BCUT2D eigenvalue weighted by Gasteiger charge is 2.46. The Hall–Kier alpha value is -1.01. The zero-order valence-electron chi connectivity index (χ0n) is 11.0. The van der Waals surface area contributed by atoms with E-state index in [1.807, 2.05) is 0 Å². The zero-order chi connectivity index (χ0) is 13.9. The molecule has 0 aromatic carbocycles. The van der Waals surface area contributed by atoms with Gasteiger partial charge in [0.1, 0.15) is 18.8 Å². The molecule has 6 heteroatoms. The SMILES string of the molecule is NC(=S)C1(N2C(=O)COCC2=O)CCCCCCC1. The lowest BCUT2D eigenvalue weighted by atomic mass is 9.82. The Balaban J connectivity index is 2.32. The van der Waals surface area contributed by atoms with Gasteiger partial charge in [0.15, 0.2) is 0 Å². The number of rotatable bonds is 2. The number of morpholine rings is 1. The van der Waals surface area contributed by atoms with Gasteiger partial charge in [0.05, 0.1) is 4.99 Å². The van der Waals surface area contributed by atoms with E-state index in [0.717, 1.165) is 25.7 Å². The standard InChI is InChI=1S/C13H20N2O3S/c14-12(19)13(6-4-2-1-3-5-7-13)15-10(16)8-18-9-11(15)17/h1-9H2,(H2,14,19). The van der Waals surface area contributed by atoms with Crippen molar-refractivity contribution in [3.8, 4) is 0 Å². The lowest BCUT2D eigenvalue weighted by Gasteiger charge is -2.44. The van der Waals surface area contributed by atoms with Crippen LogP contribution in [0.1, 0.15) is 44.9 Å². The second-order valence-corrected chi connectivity index (χ2v) is 5.72. The number of amides is 2. The van der Waals surface area contributed by atoms with Crippen molar-refractivity contribution in [3.63, 3.8) is 0 Å². The van der Waals surface area contributed by atoms with Gasteiger partial charge in [0.25, 0.3) is 11.8 Å². The van der Waals surface area contributed by atoms with Crippen LogP contribution >= 0.6 is 12.2 Å². The van der Waals surface area contributed by atoms with E-state index in [1.165, 1.54) is 11.3 Å². The summed E-state index contributed by atoms with van der Waals surface area (Å²) in [6.07, 6.45) is 6.62. The number of ether oxygens (including phenoxy) is 1. The molecule has 0 radical (unpaired) electrons. The van der Waals surface area contributed by atoms with Gasteiger partial charge in [-0.3, -0.25) is 14.5 Å². The molecule has 2 aliphatic rings. The summed E-state index contributed by atoms with van der Waals surface area (Å²) >= 11 is 5.21. The summed E-state index contributed by atoms with van der Waals surface area (Å²) in [4.78, 5) is 25.7. The van der Waals surface area contributed by atoms with Gasteiger partial charge in [0, 0.05) is 0 Å². The van der Waals surface area contributed by atoms with E-state index in [-0.39, 0.29) is 30.0 Å². The van der Waals surface area contributed by atoms with Crippen LogP contribution in [0.15, 0.2) is 0 Å². The Kier molecular flexibility index (Phi) is 4.52. The average Bonchev–Trinajstić information content (AvgIpc) is 2.31. The summed E-state index contributed by atoms with van der Waals surface area (Å²) in [5.74, 6) is -0.630. The molecule has 1 aliphatic heterocycles. The monoisotopic (exact) mass is 284 g/mol. The topological polar surface area (TPSA) is 72.6 Å². The van der Waals surface area contributed by atoms with Crippen molar-refractivity contribution in [1.29, 1.82) is 0 Å². The number of thiocarbonyl (C=S) groups is 1. The Morgan fingerprint density at radius 2 is 1.53 bits per heavy atom. The fraction of sp³-hybridized carbons (Fsp3) is 0.769. The zero-order valence-corrected chi connectivity index (χ0v) is 11.8. The van der Waals surface area contributed by atoms with Crippen LogP contribution in [-0.4, -0.2) is 40.5 Å². The number of nitrogens with zero attached hydrogens (tertiary/aromatic N) is 1.